The first-order valence-electron chi connectivity index (χ1n) is 3.64. The maximum Gasteiger partial charge on any atom is 0.0605 e. The van der Waals surface area contributed by atoms with Crippen LogP contribution in [0, 0.1) is 5.92 Å². The Hall–Kier alpha value is 0.390. The van der Waals surface area contributed by atoms with Crippen LogP contribution >= 0.6 is 9.24 Å². The summed E-state index contributed by atoms with van der Waals surface area (Å²) in [5.74, 6) is 0.733. The summed E-state index contributed by atoms with van der Waals surface area (Å²) in [5.41, 5.74) is 0.459. The van der Waals surface area contributed by atoms with Crippen LogP contribution in [0.2, 0.25) is 0 Å². The van der Waals surface area contributed by atoms with Crippen LogP contribution < -0.4 is 0 Å². The third-order valence-corrected chi connectivity index (χ3v) is 2.91. The van der Waals surface area contributed by atoms with Gasteiger partial charge in [0.25, 0.3) is 0 Å². The maximum absolute atomic E-state index is 9.33. The van der Waals surface area contributed by atoms with Crippen LogP contribution in [-0.4, -0.2) is 16.9 Å². The van der Waals surface area contributed by atoms with Crippen molar-refractivity contribution in [3.05, 3.63) is 0 Å². The Balaban J connectivity index is 2.35. The van der Waals surface area contributed by atoms with Gasteiger partial charge >= 0.3 is 0 Å². The van der Waals surface area contributed by atoms with E-state index in [-0.39, 0.29) is 6.10 Å². The van der Waals surface area contributed by atoms with Gasteiger partial charge < -0.3 is 5.11 Å². The average Bonchev–Trinajstić information content (AvgIpc) is 1.80. The molecule has 0 saturated heterocycles. The molecule has 0 heterocycles. The van der Waals surface area contributed by atoms with E-state index in [1.54, 1.807) is 0 Å². The quantitative estimate of drug-likeness (QED) is 0.512. The van der Waals surface area contributed by atoms with Crippen molar-refractivity contribution in [3.8, 4) is 0 Å². The fourth-order valence-electron chi connectivity index (χ4n) is 1.37. The Labute approximate surface area is 59.0 Å². The second kappa shape index (κ2) is 2.98. The van der Waals surface area contributed by atoms with Crippen LogP contribution in [0.3, 0.4) is 0 Å². The number of aliphatic hydroxyl groups excluding tert-OH is 1. The molecule has 0 aromatic carbocycles. The first-order chi connectivity index (χ1) is 4.20. The molecule has 54 valence electrons. The minimum absolute atomic E-state index is 0.0567. The van der Waals surface area contributed by atoms with Crippen LogP contribution in [0.4, 0.5) is 0 Å². The van der Waals surface area contributed by atoms with Gasteiger partial charge in [-0.1, -0.05) is 6.92 Å². The van der Waals surface area contributed by atoms with Gasteiger partial charge in [-0.3, -0.25) is 0 Å². The van der Waals surface area contributed by atoms with Crippen molar-refractivity contribution >= 4 is 9.24 Å². The minimum atomic E-state index is -0.0567. The van der Waals surface area contributed by atoms with Gasteiger partial charge in [0.15, 0.2) is 0 Å². The summed E-state index contributed by atoms with van der Waals surface area (Å²) in [6.45, 7) is 2.21. The molecule has 0 aromatic heterocycles. The van der Waals surface area contributed by atoms with Gasteiger partial charge in [0, 0.05) is 0 Å². The Bertz CT molecular complexity index is 94.9. The predicted octanol–water partition coefficient (Wildman–Crippen LogP) is 1.41. The summed E-state index contributed by atoms with van der Waals surface area (Å²) in [4.78, 5) is 0. The second-order valence-electron chi connectivity index (χ2n) is 3.15. The summed E-state index contributed by atoms with van der Waals surface area (Å²) in [6, 6.07) is 0. The van der Waals surface area contributed by atoms with Crippen molar-refractivity contribution < 1.29 is 5.11 Å². The molecule has 2 heteroatoms. The lowest BCUT2D eigenvalue weighted by Crippen LogP contribution is -2.28. The highest BCUT2D eigenvalue weighted by atomic mass is 31.0. The zero-order valence-corrected chi connectivity index (χ0v) is 7.03. The number of hydrogen-bond donors (Lipinski definition) is 1. The lowest BCUT2D eigenvalue weighted by Gasteiger charge is -2.28. The van der Waals surface area contributed by atoms with Gasteiger partial charge in [0.2, 0.25) is 0 Å². The van der Waals surface area contributed by atoms with E-state index in [0.717, 1.165) is 12.3 Å². The molecule has 1 aliphatic carbocycles. The van der Waals surface area contributed by atoms with Crippen LogP contribution in [0.15, 0.2) is 0 Å². The molecule has 0 bridgehead atoms. The summed E-state index contributed by atoms with van der Waals surface area (Å²) in [7, 11) is 2.71. The van der Waals surface area contributed by atoms with Crippen molar-refractivity contribution in [1.29, 1.82) is 0 Å². The molecule has 0 aromatic rings. The van der Waals surface area contributed by atoms with Gasteiger partial charge in [0.1, 0.15) is 0 Å². The molecular weight excluding hydrogens is 131 g/mol. The monoisotopic (exact) mass is 146 g/mol. The third kappa shape index (κ3) is 1.91. The predicted molar refractivity (Wildman–Crippen MR) is 42.5 cm³/mol. The molecule has 0 aliphatic heterocycles. The Morgan fingerprint density at radius 2 is 2.11 bits per heavy atom. The Kier molecular flexibility index (Phi) is 2.49. The lowest BCUT2D eigenvalue weighted by molar-refractivity contribution is 0.112. The van der Waals surface area contributed by atoms with Gasteiger partial charge in [-0.15, -0.1) is 9.24 Å². The fraction of sp³-hybridized carbons (Fsp3) is 1.00. The van der Waals surface area contributed by atoms with Gasteiger partial charge in [-0.2, -0.15) is 0 Å². The highest BCUT2D eigenvalue weighted by Gasteiger charge is 2.22. The standard InChI is InChI=1S/C7H15OP/c1-5-2-3-7(9)6(8)4-5/h5-8H,2-4,9H2,1H3. The first-order valence-corrected chi connectivity index (χ1v) is 4.30. The van der Waals surface area contributed by atoms with Crippen molar-refractivity contribution in [2.45, 2.75) is 37.9 Å². The number of hydrogen-bond acceptors (Lipinski definition) is 1. The molecule has 1 fully saturated rings. The molecule has 0 amide bonds. The van der Waals surface area contributed by atoms with Gasteiger partial charge in [-0.05, 0) is 30.8 Å². The van der Waals surface area contributed by atoms with E-state index in [0.29, 0.717) is 5.66 Å². The largest absolute Gasteiger partial charge is 0.392 e. The molecule has 0 spiro atoms. The first kappa shape index (κ1) is 7.50. The topological polar surface area (TPSA) is 20.2 Å². The van der Waals surface area contributed by atoms with E-state index in [9.17, 15) is 5.11 Å². The third-order valence-electron chi connectivity index (χ3n) is 2.13. The van der Waals surface area contributed by atoms with Crippen LogP contribution in [0.25, 0.3) is 0 Å². The van der Waals surface area contributed by atoms with Crippen molar-refractivity contribution in [2.75, 3.05) is 0 Å². The molecule has 9 heavy (non-hydrogen) atoms. The molecule has 1 N–H and O–H groups in total. The highest BCUT2D eigenvalue weighted by molar-refractivity contribution is 7.17. The molecular formula is C7H15OP. The minimum Gasteiger partial charge on any atom is -0.392 e. The molecule has 1 rings (SSSR count). The Morgan fingerprint density at radius 3 is 2.56 bits per heavy atom. The van der Waals surface area contributed by atoms with Gasteiger partial charge in [-0.25, -0.2) is 0 Å². The van der Waals surface area contributed by atoms with Crippen molar-refractivity contribution in [3.63, 3.8) is 0 Å². The van der Waals surface area contributed by atoms with E-state index >= 15 is 0 Å². The number of rotatable bonds is 0. The zero-order valence-electron chi connectivity index (χ0n) is 5.88. The summed E-state index contributed by atoms with van der Waals surface area (Å²) in [5, 5.41) is 9.33. The maximum atomic E-state index is 9.33. The SMILES string of the molecule is CC1CCC(P)C(O)C1. The van der Waals surface area contributed by atoms with Gasteiger partial charge in [0.05, 0.1) is 6.10 Å². The molecule has 1 aliphatic rings. The molecule has 0 radical (unpaired) electrons. The van der Waals surface area contributed by atoms with E-state index in [1.807, 2.05) is 0 Å². The zero-order chi connectivity index (χ0) is 6.85. The summed E-state index contributed by atoms with van der Waals surface area (Å²) >= 11 is 0. The van der Waals surface area contributed by atoms with E-state index in [4.69, 9.17) is 0 Å². The van der Waals surface area contributed by atoms with E-state index in [2.05, 4.69) is 16.2 Å². The average molecular weight is 146 g/mol. The lowest BCUT2D eigenvalue weighted by atomic mass is 9.88. The molecule has 1 saturated carbocycles. The van der Waals surface area contributed by atoms with E-state index < -0.39 is 0 Å². The molecule has 4 atom stereocenters. The Morgan fingerprint density at radius 1 is 1.44 bits per heavy atom. The second-order valence-corrected chi connectivity index (χ2v) is 4.01. The summed E-state index contributed by atoms with van der Waals surface area (Å²) < 4.78 is 0. The van der Waals surface area contributed by atoms with Crippen LogP contribution in [0.1, 0.15) is 26.2 Å². The van der Waals surface area contributed by atoms with Crippen LogP contribution in [0.5, 0.6) is 0 Å². The smallest absolute Gasteiger partial charge is 0.0605 e. The van der Waals surface area contributed by atoms with E-state index in [1.165, 1.54) is 12.8 Å². The molecule has 4 unspecified atom stereocenters. The van der Waals surface area contributed by atoms with Crippen molar-refractivity contribution in [1.82, 2.24) is 0 Å². The number of aliphatic hydroxyl groups is 1. The van der Waals surface area contributed by atoms with Crippen LogP contribution in [-0.2, 0) is 0 Å². The normalized spacial score (nSPS) is 45.0. The molecule has 1 nitrogen and oxygen atoms in total. The highest BCUT2D eigenvalue weighted by Crippen LogP contribution is 2.28. The summed E-state index contributed by atoms with van der Waals surface area (Å²) in [6.07, 6.45) is 3.39. The van der Waals surface area contributed by atoms with Crippen molar-refractivity contribution in [2.24, 2.45) is 5.92 Å². The fourth-order valence-corrected chi connectivity index (χ4v) is 1.72.